The number of benzene rings is 1. The fraction of sp³-hybridized carbons (Fsp3) is 0.842. The van der Waals surface area contributed by atoms with Gasteiger partial charge in [0.1, 0.15) is 18.7 Å². The minimum absolute atomic E-state index is 0.00516. The molecule has 3 rings (SSSR count). The first kappa shape index (κ1) is 77.6. The molecule has 1 aliphatic heterocycles. The first-order valence-electron chi connectivity index (χ1n) is 37.5. The van der Waals surface area contributed by atoms with Gasteiger partial charge in [0.05, 0.1) is 32.3 Å². The number of amides is 1. The zero-order valence-electron chi connectivity index (χ0n) is 57.3. The van der Waals surface area contributed by atoms with E-state index in [2.05, 4.69) is 44.9 Å². The van der Waals surface area contributed by atoms with Crippen LogP contribution in [0.15, 0.2) is 29.2 Å². The summed E-state index contributed by atoms with van der Waals surface area (Å²) in [6.07, 6.45) is 66.0. The van der Waals surface area contributed by atoms with Crippen LogP contribution < -0.4 is 25.2 Å². The van der Waals surface area contributed by atoms with Crippen LogP contribution in [0.3, 0.4) is 0 Å². The molecule has 0 saturated carbocycles. The Morgan fingerprint density at radius 2 is 0.839 bits per heavy atom. The molecule has 1 aliphatic rings. The van der Waals surface area contributed by atoms with Crippen LogP contribution in [0.2, 0.25) is 0 Å². The van der Waals surface area contributed by atoms with E-state index in [1.165, 1.54) is 274 Å². The van der Waals surface area contributed by atoms with E-state index in [4.69, 9.17) is 23.7 Å². The summed E-state index contributed by atoms with van der Waals surface area (Å²) < 4.78 is 33.3. The maximum atomic E-state index is 13.2. The molecule has 11 heteroatoms. The van der Waals surface area contributed by atoms with Gasteiger partial charge in [-0.1, -0.05) is 324 Å². The van der Waals surface area contributed by atoms with E-state index in [1.807, 2.05) is 12.1 Å². The number of esters is 1. The van der Waals surface area contributed by atoms with Gasteiger partial charge in [-0.2, -0.15) is 4.98 Å². The minimum atomic E-state index is -0.499. The van der Waals surface area contributed by atoms with Gasteiger partial charge in [0.25, 0.3) is 0 Å². The molecule has 0 spiro atoms. The first-order chi connectivity index (χ1) is 42.8. The van der Waals surface area contributed by atoms with Crippen molar-refractivity contribution in [3.63, 3.8) is 0 Å². The Kier molecular flexibility index (Phi) is 49.3. The number of rotatable bonds is 62. The van der Waals surface area contributed by atoms with Crippen molar-refractivity contribution in [3.8, 4) is 17.2 Å². The lowest BCUT2D eigenvalue weighted by Gasteiger charge is -2.19. The van der Waals surface area contributed by atoms with Crippen LogP contribution in [0.5, 0.6) is 17.2 Å². The van der Waals surface area contributed by atoms with Crippen molar-refractivity contribution < 1.29 is 33.3 Å². The number of carbonyl (C=O) groups is 2. The first-order valence-corrected chi connectivity index (χ1v) is 37.5. The maximum absolute atomic E-state index is 13.2. The van der Waals surface area contributed by atoms with Crippen LogP contribution in [0, 0.1) is 5.92 Å². The standard InChI is InChI=1S/C76H135N3O8/c1-6-10-13-16-19-22-25-28-31-34-37-40-43-46-49-52-59-83-69-63-67(65-86-74(81)56-55-72(80)77-71-57-58-79(76(82)78-71)73-62-66(5)68(9-4)87-73)64-70(84-60-53-50-47-44-41-38-35-32-29-26-23-20-17-14-11-7-2)75(69)85-61-54-51-48-45-42-39-36-33-30-27-24-21-18-15-12-8-3/h57-58,63-64,66,68,73H,6-56,59-62,65H2,1-5H3,(H,77,78,80,82). The van der Waals surface area contributed by atoms with E-state index in [0.29, 0.717) is 43.0 Å². The fourth-order valence-corrected chi connectivity index (χ4v) is 12.5. The SMILES string of the molecule is CCCCCCCCCCCCCCCCCCOc1cc(COC(=O)CCC(=O)Nc2ccn(C3CC(C)C(CC)O3)c(=O)n2)cc(OCCCCCCCCCCCCCCCCCC)c1OCCCCCCCCCCCCCCCCCC. The highest BCUT2D eigenvalue weighted by Crippen LogP contribution is 2.40. The summed E-state index contributed by atoms with van der Waals surface area (Å²) in [4.78, 5) is 43.3. The maximum Gasteiger partial charge on any atom is 0.351 e. The topological polar surface area (TPSA) is 127 Å². The number of aromatic nitrogens is 2. The molecular weight excluding hydrogens is 1080 g/mol. The van der Waals surface area contributed by atoms with Gasteiger partial charge in [0, 0.05) is 12.6 Å². The Morgan fingerprint density at radius 1 is 0.494 bits per heavy atom. The Bertz CT molecular complexity index is 1930. The number of ether oxygens (including phenoxy) is 5. The second-order valence-electron chi connectivity index (χ2n) is 26.3. The Balaban J connectivity index is 1.56. The van der Waals surface area contributed by atoms with E-state index >= 15 is 0 Å². The summed E-state index contributed by atoms with van der Waals surface area (Å²) in [5.41, 5.74) is 0.265. The minimum Gasteiger partial charge on any atom is -0.490 e. The molecule has 1 aromatic heterocycles. The summed E-state index contributed by atoms with van der Waals surface area (Å²) >= 11 is 0. The third-order valence-corrected chi connectivity index (χ3v) is 18.1. The Hall–Kier alpha value is -3.60. The number of nitrogens with zero attached hydrogens (tertiary/aromatic N) is 2. The quantitative estimate of drug-likeness (QED) is 0.0509. The molecule has 1 aromatic carbocycles. The van der Waals surface area contributed by atoms with Crippen molar-refractivity contribution in [2.45, 2.75) is 387 Å². The summed E-state index contributed by atoms with van der Waals surface area (Å²) in [5, 5.41) is 2.68. The lowest BCUT2D eigenvalue weighted by Crippen LogP contribution is -2.28. The number of carbonyl (C=O) groups excluding carboxylic acids is 2. The lowest BCUT2D eigenvalue weighted by atomic mass is 10.0. The number of hydrogen-bond acceptors (Lipinski definition) is 9. The van der Waals surface area contributed by atoms with Crippen LogP contribution in [0.25, 0.3) is 0 Å². The summed E-state index contributed by atoms with van der Waals surface area (Å²) in [6.45, 7) is 12.8. The van der Waals surface area contributed by atoms with Crippen molar-refractivity contribution in [2.75, 3.05) is 25.1 Å². The summed E-state index contributed by atoms with van der Waals surface area (Å²) in [5.74, 6) is 1.48. The predicted molar refractivity (Wildman–Crippen MR) is 366 cm³/mol. The largest absolute Gasteiger partial charge is 0.490 e. The summed E-state index contributed by atoms with van der Waals surface area (Å²) in [7, 11) is 0. The van der Waals surface area contributed by atoms with Crippen LogP contribution in [-0.2, 0) is 25.7 Å². The molecule has 0 bridgehead atoms. The number of anilines is 1. The van der Waals surface area contributed by atoms with Gasteiger partial charge in [-0.25, -0.2) is 4.79 Å². The van der Waals surface area contributed by atoms with Crippen LogP contribution in [0.4, 0.5) is 5.82 Å². The number of nitrogens with one attached hydrogen (secondary N) is 1. The average Bonchev–Trinajstić information content (AvgIpc) is 3.57. The molecule has 2 heterocycles. The number of hydrogen-bond donors (Lipinski definition) is 1. The van der Waals surface area contributed by atoms with Crippen LogP contribution in [0.1, 0.15) is 380 Å². The van der Waals surface area contributed by atoms with Gasteiger partial charge in [-0.3, -0.25) is 14.2 Å². The second-order valence-corrected chi connectivity index (χ2v) is 26.3. The van der Waals surface area contributed by atoms with Gasteiger partial charge in [-0.15, -0.1) is 0 Å². The molecule has 1 N–H and O–H groups in total. The monoisotopic (exact) mass is 1220 g/mol. The molecule has 3 atom stereocenters. The number of unbranched alkanes of at least 4 members (excludes halogenated alkanes) is 45. The van der Waals surface area contributed by atoms with E-state index < -0.39 is 17.6 Å². The highest BCUT2D eigenvalue weighted by molar-refractivity contribution is 5.91. The van der Waals surface area contributed by atoms with Crippen molar-refractivity contribution in [1.82, 2.24) is 9.55 Å². The lowest BCUT2D eigenvalue weighted by molar-refractivity contribution is -0.145. The predicted octanol–water partition coefficient (Wildman–Crippen LogP) is 23.0. The fourth-order valence-electron chi connectivity index (χ4n) is 12.5. The van der Waals surface area contributed by atoms with Gasteiger partial charge < -0.3 is 29.0 Å². The van der Waals surface area contributed by atoms with E-state index in [1.54, 1.807) is 12.3 Å². The molecule has 1 fully saturated rings. The molecule has 1 amide bonds. The Labute approximate surface area is 534 Å². The zero-order chi connectivity index (χ0) is 62.3. The Morgan fingerprint density at radius 3 is 1.17 bits per heavy atom. The highest BCUT2D eigenvalue weighted by Gasteiger charge is 2.32. The molecular formula is C76H135N3O8. The average molecular weight is 1220 g/mol. The molecule has 2 aromatic rings. The van der Waals surface area contributed by atoms with E-state index in [9.17, 15) is 14.4 Å². The van der Waals surface area contributed by atoms with Gasteiger partial charge in [-0.05, 0) is 61.8 Å². The molecule has 0 aliphatic carbocycles. The molecule has 1 saturated heterocycles. The zero-order valence-corrected chi connectivity index (χ0v) is 57.3. The highest BCUT2D eigenvalue weighted by atomic mass is 16.5. The molecule has 502 valence electrons. The third-order valence-electron chi connectivity index (χ3n) is 18.1. The third kappa shape index (κ3) is 40.7. The van der Waals surface area contributed by atoms with Gasteiger partial charge in [0.2, 0.25) is 11.7 Å². The molecule has 11 nitrogen and oxygen atoms in total. The molecule has 3 unspecified atom stereocenters. The van der Waals surface area contributed by atoms with Crippen molar-refractivity contribution in [3.05, 3.63) is 40.4 Å². The molecule has 87 heavy (non-hydrogen) atoms. The van der Waals surface area contributed by atoms with E-state index in [-0.39, 0.29) is 37.6 Å². The summed E-state index contributed by atoms with van der Waals surface area (Å²) in [6, 6.07) is 5.49. The van der Waals surface area contributed by atoms with Gasteiger partial charge >= 0.3 is 11.7 Å². The van der Waals surface area contributed by atoms with Crippen LogP contribution in [-0.4, -0.2) is 47.4 Å². The smallest absolute Gasteiger partial charge is 0.351 e. The van der Waals surface area contributed by atoms with Crippen molar-refractivity contribution in [2.24, 2.45) is 5.92 Å². The second kappa shape index (κ2) is 55.3. The van der Waals surface area contributed by atoms with E-state index in [0.717, 1.165) is 56.9 Å². The van der Waals surface area contributed by atoms with Crippen molar-refractivity contribution >= 4 is 17.7 Å². The molecule has 0 radical (unpaired) electrons. The van der Waals surface area contributed by atoms with Gasteiger partial charge in [0.15, 0.2) is 11.5 Å². The van der Waals surface area contributed by atoms with Crippen molar-refractivity contribution in [1.29, 1.82) is 0 Å². The van der Waals surface area contributed by atoms with Crippen LogP contribution >= 0.6 is 0 Å². The normalized spacial score (nSPS) is 14.9.